The Balaban J connectivity index is 1.58. The van der Waals surface area contributed by atoms with Gasteiger partial charge in [0.15, 0.2) is 0 Å². The average Bonchev–Trinajstić information content (AvgIpc) is 2.63. The molecule has 0 aliphatic carbocycles. The molecule has 2 aliphatic rings. The molecule has 3 rings (SSSR count). The van der Waals surface area contributed by atoms with Crippen molar-refractivity contribution < 1.29 is 14.7 Å². The van der Waals surface area contributed by atoms with Gasteiger partial charge < -0.3 is 15.3 Å². The Morgan fingerprint density at radius 3 is 2.54 bits per heavy atom. The van der Waals surface area contributed by atoms with E-state index in [4.69, 9.17) is 0 Å². The van der Waals surface area contributed by atoms with Crippen molar-refractivity contribution in [3.63, 3.8) is 0 Å². The third-order valence-electron chi connectivity index (χ3n) is 4.86. The Morgan fingerprint density at radius 1 is 1.25 bits per heavy atom. The van der Waals surface area contributed by atoms with E-state index in [0.29, 0.717) is 25.7 Å². The monoisotopic (exact) mass is 350 g/mol. The number of nitrogens with zero attached hydrogens (tertiary/aromatic N) is 3. The number of nitrogens with one attached hydrogen (secondary N) is 1. The van der Waals surface area contributed by atoms with Gasteiger partial charge in [0.25, 0.3) is 0 Å². The summed E-state index contributed by atoms with van der Waals surface area (Å²) in [6.07, 6.45) is 7.41. The number of aliphatic carboxylic acids is 1. The van der Waals surface area contributed by atoms with Crippen LogP contribution in [0.15, 0.2) is 18.6 Å². The molecular formula is C16H22N4O3S. The summed E-state index contributed by atoms with van der Waals surface area (Å²) in [5.41, 5.74) is -1.08. The number of anilines is 1. The van der Waals surface area contributed by atoms with Crippen molar-refractivity contribution in [1.29, 1.82) is 0 Å². The van der Waals surface area contributed by atoms with Crippen molar-refractivity contribution in [1.82, 2.24) is 15.3 Å². The second-order valence-electron chi connectivity index (χ2n) is 6.31. The number of carbonyl (C=O) groups is 2. The van der Waals surface area contributed by atoms with Crippen LogP contribution in [0.25, 0.3) is 0 Å². The number of carboxylic acid groups (broad SMARTS) is 1. The zero-order valence-electron chi connectivity index (χ0n) is 13.5. The molecule has 1 aromatic heterocycles. The lowest BCUT2D eigenvalue weighted by molar-refractivity contribution is -0.149. The molecule has 3 heterocycles. The number of aromatic nitrogens is 2. The van der Waals surface area contributed by atoms with Gasteiger partial charge in [-0.25, -0.2) is 9.78 Å². The number of amides is 1. The van der Waals surface area contributed by atoms with Gasteiger partial charge in [-0.05, 0) is 37.2 Å². The minimum atomic E-state index is -1.08. The molecule has 2 N–H and O–H groups in total. The Kier molecular flexibility index (Phi) is 5.23. The molecule has 7 nitrogen and oxygen atoms in total. The third kappa shape index (κ3) is 3.63. The highest BCUT2D eigenvalue weighted by Gasteiger charge is 2.42. The van der Waals surface area contributed by atoms with Crippen molar-refractivity contribution in [3.8, 4) is 0 Å². The molecule has 2 saturated heterocycles. The van der Waals surface area contributed by atoms with Crippen LogP contribution in [0.2, 0.25) is 0 Å². The van der Waals surface area contributed by atoms with Crippen LogP contribution in [0.3, 0.4) is 0 Å². The Hall–Kier alpha value is -1.83. The summed E-state index contributed by atoms with van der Waals surface area (Å²) in [4.78, 5) is 34.7. The number of piperidine rings is 1. The maximum Gasteiger partial charge on any atom is 0.329 e. The van der Waals surface area contributed by atoms with E-state index in [1.807, 2.05) is 0 Å². The van der Waals surface area contributed by atoms with Crippen LogP contribution in [0.4, 0.5) is 5.82 Å². The standard InChI is InChI=1S/C16H22N4O3S/c21-14(19-16(15(22)23)3-9-24-10-4-16)12-1-7-20(8-2-12)13-11-17-5-6-18-13/h5-6,11-12H,1-4,7-10H2,(H,19,21)(H,22,23). The molecule has 0 radical (unpaired) electrons. The summed E-state index contributed by atoms with van der Waals surface area (Å²) in [5.74, 6) is 1.21. The largest absolute Gasteiger partial charge is 0.480 e. The van der Waals surface area contributed by atoms with Crippen molar-refractivity contribution in [2.45, 2.75) is 31.2 Å². The molecule has 130 valence electrons. The molecule has 2 aliphatic heterocycles. The van der Waals surface area contributed by atoms with Crippen LogP contribution in [0.1, 0.15) is 25.7 Å². The predicted molar refractivity (Wildman–Crippen MR) is 92.0 cm³/mol. The SMILES string of the molecule is O=C(NC1(C(=O)O)CCSCC1)C1CCN(c2cnccn2)CC1. The van der Waals surface area contributed by atoms with E-state index in [9.17, 15) is 14.7 Å². The first kappa shape index (κ1) is 17.0. The van der Waals surface area contributed by atoms with Crippen LogP contribution < -0.4 is 10.2 Å². The van der Waals surface area contributed by atoms with Crippen LogP contribution in [-0.4, -0.2) is 57.1 Å². The summed E-state index contributed by atoms with van der Waals surface area (Å²) < 4.78 is 0. The molecule has 0 saturated carbocycles. The van der Waals surface area contributed by atoms with E-state index in [1.54, 1.807) is 30.4 Å². The molecule has 8 heteroatoms. The minimum absolute atomic E-state index is 0.122. The van der Waals surface area contributed by atoms with Gasteiger partial charge in [-0.3, -0.25) is 9.78 Å². The van der Waals surface area contributed by atoms with E-state index in [0.717, 1.165) is 30.4 Å². The van der Waals surface area contributed by atoms with E-state index in [1.165, 1.54) is 0 Å². The highest BCUT2D eigenvalue weighted by Crippen LogP contribution is 2.29. The van der Waals surface area contributed by atoms with Crippen molar-refractivity contribution >= 4 is 29.5 Å². The van der Waals surface area contributed by atoms with E-state index >= 15 is 0 Å². The van der Waals surface area contributed by atoms with Crippen molar-refractivity contribution in [2.24, 2.45) is 5.92 Å². The molecule has 0 spiro atoms. The lowest BCUT2D eigenvalue weighted by Gasteiger charge is -2.37. The second-order valence-corrected chi connectivity index (χ2v) is 7.54. The number of carbonyl (C=O) groups excluding carboxylic acids is 1. The highest BCUT2D eigenvalue weighted by atomic mass is 32.2. The Morgan fingerprint density at radius 2 is 1.96 bits per heavy atom. The summed E-state index contributed by atoms with van der Waals surface area (Å²) in [6.45, 7) is 1.46. The van der Waals surface area contributed by atoms with Gasteiger partial charge in [-0.1, -0.05) is 0 Å². The lowest BCUT2D eigenvalue weighted by Crippen LogP contribution is -2.58. The molecular weight excluding hydrogens is 328 g/mol. The maximum absolute atomic E-state index is 12.6. The smallest absolute Gasteiger partial charge is 0.329 e. The van der Waals surface area contributed by atoms with E-state index in [-0.39, 0.29) is 11.8 Å². The quantitative estimate of drug-likeness (QED) is 0.841. The molecule has 1 aromatic rings. The van der Waals surface area contributed by atoms with Crippen LogP contribution in [0.5, 0.6) is 0 Å². The molecule has 1 amide bonds. The van der Waals surface area contributed by atoms with Gasteiger partial charge >= 0.3 is 5.97 Å². The lowest BCUT2D eigenvalue weighted by atomic mass is 9.89. The number of hydrogen-bond acceptors (Lipinski definition) is 6. The van der Waals surface area contributed by atoms with Gasteiger partial charge in [-0.2, -0.15) is 11.8 Å². The van der Waals surface area contributed by atoms with E-state index in [2.05, 4.69) is 20.2 Å². The van der Waals surface area contributed by atoms with Gasteiger partial charge in [-0.15, -0.1) is 0 Å². The first-order valence-electron chi connectivity index (χ1n) is 8.25. The summed E-state index contributed by atoms with van der Waals surface area (Å²) in [6, 6.07) is 0. The average molecular weight is 350 g/mol. The fourth-order valence-corrected chi connectivity index (χ4v) is 4.47. The summed E-state index contributed by atoms with van der Waals surface area (Å²) in [7, 11) is 0. The van der Waals surface area contributed by atoms with Crippen LogP contribution in [0, 0.1) is 5.92 Å². The number of hydrogen-bond donors (Lipinski definition) is 2. The molecule has 0 bridgehead atoms. The molecule has 24 heavy (non-hydrogen) atoms. The predicted octanol–water partition coefficient (Wildman–Crippen LogP) is 1.16. The number of carboxylic acids is 1. The fraction of sp³-hybridized carbons (Fsp3) is 0.625. The highest BCUT2D eigenvalue weighted by molar-refractivity contribution is 7.99. The molecule has 2 fully saturated rings. The first-order valence-corrected chi connectivity index (χ1v) is 9.40. The topological polar surface area (TPSA) is 95.4 Å². The van der Waals surface area contributed by atoms with Crippen molar-refractivity contribution in [2.75, 3.05) is 29.5 Å². The molecule has 0 atom stereocenters. The van der Waals surface area contributed by atoms with Crippen molar-refractivity contribution in [3.05, 3.63) is 18.6 Å². The molecule has 0 aromatic carbocycles. The first-order chi connectivity index (χ1) is 11.6. The van der Waals surface area contributed by atoms with Gasteiger partial charge in [0.2, 0.25) is 5.91 Å². The Bertz CT molecular complexity index is 584. The van der Waals surface area contributed by atoms with Gasteiger partial charge in [0, 0.05) is 31.4 Å². The van der Waals surface area contributed by atoms with Crippen LogP contribution >= 0.6 is 11.8 Å². The number of rotatable bonds is 4. The van der Waals surface area contributed by atoms with Crippen LogP contribution in [-0.2, 0) is 9.59 Å². The minimum Gasteiger partial charge on any atom is -0.480 e. The zero-order valence-corrected chi connectivity index (χ0v) is 14.3. The van der Waals surface area contributed by atoms with Gasteiger partial charge in [0.05, 0.1) is 6.20 Å². The van der Waals surface area contributed by atoms with E-state index < -0.39 is 11.5 Å². The Labute approximate surface area is 145 Å². The summed E-state index contributed by atoms with van der Waals surface area (Å²) in [5, 5.41) is 12.4. The number of thioether (sulfide) groups is 1. The zero-order chi connectivity index (χ0) is 17.0. The molecule has 0 unspecified atom stereocenters. The second kappa shape index (κ2) is 7.38. The fourth-order valence-electron chi connectivity index (χ4n) is 3.28. The normalized spacial score (nSPS) is 21.2. The maximum atomic E-state index is 12.6. The third-order valence-corrected chi connectivity index (χ3v) is 5.84. The summed E-state index contributed by atoms with van der Waals surface area (Å²) >= 11 is 1.74. The van der Waals surface area contributed by atoms with Gasteiger partial charge in [0.1, 0.15) is 11.4 Å².